The minimum atomic E-state index is 0.0957. The number of benzene rings is 1. The molecule has 2 rings (SSSR count). The Labute approximate surface area is 119 Å². The summed E-state index contributed by atoms with van der Waals surface area (Å²) in [5.41, 5.74) is 0.0957. The van der Waals surface area contributed by atoms with Gasteiger partial charge in [0.15, 0.2) is 5.75 Å². The Kier molecular flexibility index (Phi) is 4.10. The zero-order valence-electron chi connectivity index (χ0n) is 11.0. The van der Waals surface area contributed by atoms with Crippen LogP contribution in [-0.4, -0.2) is 18.7 Å². The van der Waals surface area contributed by atoms with Gasteiger partial charge >= 0.3 is 0 Å². The lowest BCUT2D eigenvalue weighted by atomic mass is 9.64. The highest BCUT2D eigenvalue weighted by atomic mass is 35.5. The molecule has 0 bridgehead atoms. The molecule has 1 aromatic carbocycles. The highest BCUT2D eigenvalue weighted by Gasteiger charge is 2.49. The van der Waals surface area contributed by atoms with E-state index in [1.54, 1.807) is 12.1 Å². The number of hydrogen-bond donors (Lipinski definition) is 1. The SMILES string of the molecule is CCNC1CC(Oc2c(Cl)cccc2Cl)C1(C)C. The molecule has 1 saturated carbocycles. The minimum absolute atomic E-state index is 0.0957. The first kappa shape index (κ1) is 14.0. The summed E-state index contributed by atoms with van der Waals surface area (Å²) in [4.78, 5) is 0. The summed E-state index contributed by atoms with van der Waals surface area (Å²) >= 11 is 12.2. The number of para-hydroxylation sites is 1. The summed E-state index contributed by atoms with van der Waals surface area (Å²) in [6.45, 7) is 7.52. The molecular weight excluding hydrogens is 269 g/mol. The van der Waals surface area contributed by atoms with Crippen LogP contribution in [0.25, 0.3) is 0 Å². The van der Waals surface area contributed by atoms with E-state index in [9.17, 15) is 0 Å². The van der Waals surface area contributed by atoms with Gasteiger partial charge in [-0.3, -0.25) is 0 Å². The molecule has 2 unspecified atom stereocenters. The van der Waals surface area contributed by atoms with Crippen LogP contribution in [0, 0.1) is 5.41 Å². The molecule has 2 atom stereocenters. The van der Waals surface area contributed by atoms with Crippen LogP contribution in [0.2, 0.25) is 10.0 Å². The van der Waals surface area contributed by atoms with Gasteiger partial charge in [-0.2, -0.15) is 0 Å². The van der Waals surface area contributed by atoms with Crippen molar-refractivity contribution in [3.63, 3.8) is 0 Å². The maximum Gasteiger partial charge on any atom is 0.156 e. The monoisotopic (exact) mass is 287 g/mol. The summed E-state index contributed by atoms with van der Waals surface area (Å²) in [5.74, 6) is 0.605. The van der Waals surface area contributed by atoms with E-state index >= 15 is 0 Å². The normalized spacial score (nSPS) is 25.6. The molecule has 18 heavy (non-hydrogen) atoms. The Morgan fingerprint density at radius 2 is 1.94 bits per heavy atom. The third kappa shape index (κ3) is 2.47. The van der Waals surface area contributed by atoms with Crippen LogP contribution in [-0.2, 0) is 0 Å². The van der Waals surface area contributed by atoms with Crippen molar-refractivity contribution in [1.82, 2.24) is 5.32 Å². The van der Waals surface area contributed by atoms with Gasteiger partial charge in [0.05, 0.1) is 10.0 Å². The maximum absolute atomic E-state index is 6.12. The van der Waals surface area contributed by atoms with Gasteiger partial charge in [-0.25, -0.2) is 0 Å². The van der Waals surface area contributed by atoms with Crippen molar-refractivity contribution in [1.29, 1.82) is 0 Å². The van der Waals surface area contributed by atoms with Crippen LogP contribution in [0.1, 0.15) is 27.2 Å². The van der Waals surface area contributed by atoms with E-state index in [0.29, 0.717) is 21.8 Å². The van der Waals surface area contributed by atoms with Crippen LogP contribution in [0.3, 0.4) is 0 Å². The molecule has 1 aliphatic carbocycles. The third-order valence-electron chi connectivity index (χ3n) is 3.81. The molecule has 0 heterocycles. The van der Waals surface area contributed by atoms with Gasteiger partial charge in [0.1, 0.15) is 6.10 Å². The predicted molar refractivity (Wildman–Crippen MR) is 76.7 cm³/mol. The second-order valence-electron chi connectivity index (χ2n) is 5.32. The summed E-state index contributed by atoms with van der Waals surface area (Å²) < 4.78 is 6.00. The molecule has 0 radical (unpaired) electrons. The molecule has 1 fully saturated rings. The van der Waals surface area contributed by atoms with Crippen LogP contribution in [0.15, 0.2) is 18.2 Å². The average molecular weight is 288 g/mol. The molecule has 1 aromatic rings. The largest absolute Gasteiger partial charge is 0.487 e. The zero-order chi connectivity index (χ0) is 13.3. The Balaban J connectivity index is 2.08. The Hall–Kier alpha value is -0.440. The fourth-order valence-corrected chi connectivity index (χ4v) is 2.90. The summed E-state index contributed by atoms with van der Waals surface area (Å²) in [6.07, 6.45) is 1.14. The quantitative estimate of drug-likeness (QED) is 0.898. The van der Waals surface area contributed by atoms with Crippen molar-refractivity contribution in [2.75, 3.05) is 6.54 Å². The molecule has 0 saturated heterocycles. The van der Waals surface area contributed by atoms with Gasteiger partial charge in [0.25, 0.3) is 0 Å². The smallest absolute Gasteiger partial charge is 0.156 e. The topological polar surface area (TPSA) is 21.3 Å². The molecule has 0 amide bonds. The highest BCUT2D eigenvalue weighted by Crippen LogP contribution is 2.45. The first-order valence-electron chi connectivity index (χ1n) is 6.30. The number of hydrogen-bond acceptors (Lipinski definition) is 2. The maximum atomic E-state index is 6.12. The van der Waals surface area contributed by atoms with Crippen molar-refractivity contribution < 1.29 is 4.74 Å². The molecule has 1 N–H and O–H groups in total. The van der Waals surface area contributed by atoms with Crippen LogP contribution >= 0.6 is 23.2 Å². The van der Waals surface area contributed by atoms with Gasteiger partial charge in [0.2, 0.25) is 0 Å². The van der Waals surface area contributed by atoms with Crippen LogP contribution in [0.5, 0.6) is 5.75 Å². The van der Waals surface area contributed by atoms with Crippen molar-refractivity contribution in [3.05, 3.63) is 28.2 Å². The number of nitrogens with one attached hydrogen (secondary N) is 1. The fourth-order valence-electron chi connectivity index (χ4n) is 2.42. The summed E-state index contributed by atoms with van der Waals surface area (Å²) in [5, 5.41) is 4.62. The van der Waals surface area contributed by atoms with E-state index in [4.69, 9.17) is 27.9 Å². The van der Waals surface area contributed by atoms with E-state index in [1.807, 2.05) is 6.07 Å². The van der Waals surface area contributed by atoms with E-state index in [1.165, 1.54) is 0 Å². The minimum Gasteiger partial charge on any atom is -0.487 e. The van der Waals surface area contributed by atoms with Gasteiger partial charge in [-0.05, 0) is 18.7 Å². The second-order valence-corrected chi connectivity index (χ2v) is 6.14. The lowest BCUT2D eigenvalue weighted by molar-refractivity contribution is -0.0540. The Morgan fingerprint density at radius 3 is 2.44 bits per heavy atom. The molecular formula is C14H19Cl2NO. The lowest BCUT2D eigenvalue weighted by Gasteiger charge is -2.51. The molecule has 4 heteroatoms. The van der Waals surface area contributed by atoms with Crippen LogP contribution < -0.4 is 10.1 Å². The second kappa shape index (κ2) is 5.28. The van der Waals surface area contributed by atoms with E-state index < -0.39 is 0 Å². The molecule has 2 nitrogen and oxygen atoms in total. The zero-order valence-corrected chi connectivity index (χ0v) is 12.5. The molecule has 100 valence electrons. The van der Waals surface area contributed by atoms with Crippen molar-refractivity contribution in [2.24, 2.45) is 5.41 Å². The molecule has 0 aromatic heterocycles. The highest BCUT2D eigenvalue weighted by molar-refractivity contribution is 6.37. The Morgan fingerprint density at radius 1 is 1.33 bits per heavy atom. The third-order valence-corrected chi connectivity index (χ3v) is 4.40. The first-order chi connectivity index (χ1) is 8.46. The van der Waals surface area contributed by atoms with Gasteiger partial charge < -0.3 is 10.1 Å². The Bertz CT molecular complexity index is 414. The van der Waals surface area contributed by atoms with Crippen molar-refractivity contribution >= 4 is 23.2 Å². The molecule has 1 aliphatic rings. The standard InChI is InChI=1S/C14H19Cl2NO/c1-4-17-11-8-12(14(11,2)3)18-13-9(15)6-5-7-10(13)16/h5-7,11-12,17H,4,8H2,1-3H3. The van der Waals surface area contributed by atoms with E-state index in [2.05, 4.69) is 26.1 Å². The van der Waals surface area contributed by atoms with Gasteiger partial charge in [0, 0.05) is 17.9 Å². The van der Waals surface area contributed by atoms with Crippen molar-refractivity contribution in [3.8, 4) is 5.75 Å². The number of ether oxygens (including phenoxy) is 1. The number of rotatable bonds is 4. The first-order valence-corrected chi connectivity index (χ1v) is 7.06. The molecule has 0 aliphatic heterocycles. The van der Waals surface area contributed by atoms with Crippen molar-refractivity contribution in [2.45, 2.75) is 39.3 Å². The average Bonchev–Trinajstić information content (AvgIpc) is 2.31. The summed E-state index contributed by atoms with van der Waals surface area (Å²) in [7, 11) is 0. The van der Waals surface area contributed by atoms with Crippen LogP contribution in [0.4, 0.5) is 0 Å². The van der Waals surface area contributed by atoms with E-state index in [-0.39, 0.29) is 11.5 Å². The van der Waals surface area contributed by atoms with E-state index in [0.717, 1.165) is 13.0 Å². The van der Waals surface area contributed by atoms with Gasteiger partial charge in [-0.15, -0.1) is 0 Å². The molecule has 0 spiro atoms. The number of halogens is 2. The fraction of sp³-hybridized carbons (Fsp3) is 0.571. The predicted octanol–water partition coefficient (Wildman–Crippen LogP) is 4.15. The lowest BCUT2D eigenvalue weighted by Crippen LogP contribution is -2.62. The summed E-state index contributed by atoms with van der Waals surface area (Å²) in [6, 6.07) is 5.92. The van der Waals surface area contributed by atoms with Gasteiger partial charge in [-0.1, -0.05) is 50.0 Å².